The predicted octanol–water partition coefficient (Wildman–Crippen LogP) is 0.247. The summed E-state index contributed by atoms with van der Waals surface area (Å²) in [5.41, 5.74) is -0.654. The van der Waals surface area contributed by atoms with E-state index >= 15 is 0 Å². The maximum absolute atomic E-state index is 11.8. The van der Waals surface area contributed by atoms with Crippen LogP contribution < -0.4 is 5.32 Å². The van der Waals surface area contributed by atoms with E-state index in [9.17, 15) is 9.90 Å². The molecule has 2 amide bonds. The average Bonchev–Trinajstić information content (AvgIpc) is 3.00. The summed E-state index contributed by atoms with van der Waals surface area (Å²) in [6.07, 6.45) is 2.26. The number of aliphatic hydroxyl groups is 1. The summed E-state index contributed by atoms with van der Waals surface area (Å²) in [4.78, 5) is 15.9. The highest BCUT2D eigenvalue weighted by atomic mass is 16.3. The molecule has 0 aromatic heterocycles. The van der Waals surface area contributed by atoms with Gasteiger partial charge in [-0.1, -0.05) is 0 Å². The van der Waals surface area contributed by atoms with Crippen LogP contribution in [-0.4, -0.2) is 65.3 Å². The zero-order valence-corrected chi connectivity index (χ0v) is 10.8. The van der Waals surface area contributed by atoms with Crippen LogP contribution >= 0.6 is 0 Å². The van der Waals surface area contributed by atoms with Gasteiger partial charge in [-0.05, 0) is 26.7 Å². The van der Waals surface area contributed by atoms with Crippen LogP contribution in [0.15, 0.2) is 0 Å². The Labute approximate surface area is 103 Å². The zero-order chi connectivity index (χ0) is 12.5. The van der Waals surface area contributed by atoms with Crippen molar-refractivity contribution in [3.8, 4) is 0 Å². The van der Waals surface area contributed by atoms with Crippen molar-refractivity contribution in [2.24, 2.45) is 0 Å². The number of piperazine rings is 1. The number of nitrogens with one attached hydrogen (secondary N) is 1. The first-order valence-electron chi connectivity index (χ1n) is 6.44. The first-order valence-corrected chi connectivity index (χ1v) is 6.44. The molecule has 2 fully saturated rings. The lowest BCUT2D eigenvalue weighted by atomic mass is 10.1. The summed E-state index contributed by atoms with van der Waals surface area (Å²) in [7, 11) is 0. The van der Waals surface area contributed by atoms with Crippen LogP contribution in [0.4, 0.5) is 4.79 Å². The summed E-state index contributed by atoms with van der Waals surface area (Å²) in [5.74, 6) is 0. The van der Waals surface area contributed by atoms with Crippen LogP contribution in [0.3, 0.4) is 0 Å². The van der Waals surface area contributed by atoms with Crippen LogP contribution in [0.25, 0.3) is 0 Å². The number of nitrogens with zero attached hydrogens (tertiary/aromatic N) is 2. The lowest BCUT2D eigenvalue weighted by Crippen LogP contribution is -2.54. The van der Waals surface area contributed by atoms with Gasteiger partial charge in [-0.25, -0.2) is 4.79 Å². The van der Waals surface area contributed by atoms with E-state index in [0.717, 1.165) is 39.0 Å². The highest BCUT2D eigenvalue weighted by Gasteiger charge is 2.28. The van der Waals surface area contributed by atoms with Crippen molar-refractivity contribution >= 4 is 6.03 Å². The molecule has 0 bridgehead atoms. The number of rotatable bonds is 3. The molecule has 5 heteroatoms. The van der Waals surface area contributed by atoms with E-state index in [-0.39, 0.29) is 6.03 Å². The Bertz CT molecular complexity index is 276. The van der Waals surface area contributed by atoms with Gasteiger partial charge in [0.1, 0.15) is 0 Å². The van der Waals surface area contributed by atoms with E-state index in [1.54, 1.807) is 0 Å². The monoisotopic (exact) mass is 241 g/mol. The maximum Gasteiger partial charge on any atom is 0.317 e. The third-order valence-electron chi connectivity index (χ3n) is 3.17. The highest BCUT2D eigenvalue weighted by Crippen LogP contribution is 2.19. The lowest BCUT2D eigenvalue weighted by molar-refractivity contribution is 0.0225. The number of urea groups is 1. The minimum atomic E-state index is -0.654. The first-order chi connectivity index (χ1) is 7.94. The molecule has 0 aromatic carbocycles. The molecule has 98 valence electrons. The van der Waals surface area contributed by atoms with Gasteiger partial charge in [0.15, 0.2) is 0 Å². The Kier molecular flexibility index (Phi) is 3.58. The molecule has 17 heavy (non-hydrogen) atoms. The van der Waals surface area contributed by atoms with Crippen molar-refractivity contribution in [2.75, 3.05) is 32.7 Å². The van der Waals surface area contributed by atoms with Crippen LogP contribution in [0, 0.1) is 0 Å². The fourth-order valence-corrected chi connectivity index (χ4v) is 2.15. The molecule has 2 N–H and O–H groups in total. The SMILES string of the molecule is CC(C)(O)CN1CCN(C(=O)NC2CC2)CC1. The van der Waals surface area contributed by atoms with Gasteiger partial charge in [-0.3, -0.25) is 4.90 Å². The van der Waals surface area contributed by atoms with Crippen LogP contribution in [-0.2, 0) is 0 Å². The fourth-order valence-electron chi connectivity index (χ4n) is 2.15. The molecule has 2 rings (SSSR count). The Balaban J connectivity index is 1.71. The molecular formula is C12H23N3O2. The molecule has 1 aliphatic carbocycles. The van der Waals surface area contributed by atoms with E-state index in [1.807, 2.05) is 18.7 Å². The van der Waals surface area contributed by atoms with E-state index in [4.69, 9.17) is 0 Å². The second-order valence-corrected chi connectivity index (χ2v) is 5.80. The molecule has 5 nitrogen and oxygen atoms in total. The van der Waals surface area contributed by atoms with Gasteiger partial charge >= 0.3 is 6.03 Å². The predicted molar refractivity (Wildman–Crippen MR) is 65.9 cm³/mol. The molecule has 0 unspecified atom stereocenters. The first kappa shape index (κ1) is 12.6. The third-order valence-corrected chi connectivity index (χ3v) is 3.17. The van der Waals surface area contributed by atoms with E-state index < -0.39 is 5.60 Å². The van der Waals surface area contributed by atoms with Gasteiger partial charge < -0.3 is 15.3 Å². The van der Waals surface area contributed by atoms with Crippen molar-refractivity contribution in [2.45, 2.75) is 38.3 Å². The van der Waals surface area contributed by atoms with Gasteiger partial charge in [-0.15, -0.1) is 0 Å². The van der Waals surface area contributed by atoms with Crippen LogP contribution in [0.2, 0.25) is 0 Å². The molecule has 1 saturated carbocycles. The van der Waals surface area contributed by atoms with Crippen LogP contribution in [0.1, 0.15) is 26.7 Å². The second-order valence-electron chi connectivity index (χ2n) is 5.80. The maximum atomic E-state index is 11.8. The number of carbonyl (C=O) groups is 1. The van der Waals surface area contributed by atoms with E-state index in [0.29, 0.717) is 12.6 Å². The quantitative estimate of drug-likeness (QED) is 0.744. The standard InChI is InChI=1S/C12H23N3O2/c1-12(2,17)9-14-5-7-15(8-6-14)11(16)13-10-3-4-10/h10,17H,3-9H2,1-2H3,(H,13,16). The topological polar surface area (TPSA) is 55.8 Å². The van der Waals surface area contributed by atoms with Crippen LogP contribution in [0.5, 0.6) is 0 Å². The number of β-amino-alcohol motifs (C(OH)–C–C–N with tert-alkyl or cyclic N) is 1. The Morgan fingerprint density at radius 3 is 2.35 bits per heavy atom. The van der Waals surface area contributed by atoms with E-state index in [2.05, 4.69) is 10.2 Å². The van der Waals surface area contributed by atoms with E-state index in [1.165, 1.54) is 0 Å². The number of hydrogen-bond acceptors (Lipinski definition) is 3. The summed E-state index contributed by atoms with van der Waals surface area (Å²) in [5, 5.41) is 12.7. The highest BCUT2D eigenvalue weighted by molar-refractivity contribution is 5.75. The molecule has 0 atom stereocenters. The molecule has 0 spiro atoms. The van der Waals surface area contributed by atoms with Gasteiger partial charge in [-0.2, -0.15) is 0 Å². The normalized spacial score (nSPS) is 22.6. The summed E-state index contributed by atoms with van der Waals surface area (Å²) in [6, 6.07) is 0.507. The smallest absolute Gasteiger partial charge is 0.317 e. The lowest BCUT2D eigenvalue weighted by Gasteiger charge is -2.37. The largest absolute Gasteiger partial charge is 0.389 e. The number of hydrogen-bond donors (Lipinski definition) is 2. The second kappa shape index (κ2) is 4.82. The molecule has 1 aliphatic heterocycles. The Morgan fingerprint density at radius 2 is 1.88 bits per heavy atom. The molecule has 2 aliphatic rings. The molecule has 1 saturated heterocycles. The Hall–Kier alpha value is -0.810. The minimum absolute atomic E-state index is 0.0791. The van der Waals surface area contributed by atoms with Crippen molar-refractivity contribution in [3.05, 3.63) is 0 Å². The number of carbonyl (C=O) groups excluding carboxylic acids is 1. The fraction of sp³-hybridized carbons (Fsp3) is 0.917. The van der Waals surface area contributed by atoms with Gasteiger partial charge in [0.2, 0.25) is 0 Å². The zero-order valence-electron chi connectivity index (χ0n) is 10.8. The minimum Gasteiger partial charge on any atom is -0.389 e. The summed E-state index contributed by atoms with van der Waals surface area (Å²) >= 11 is 0. The average molecular weight is 241 g/mol. The molecular weight excluding hydrogens is 218 g/mol. The molecule has 0 aromatic rings. The Morgan fingerprint density at radius 1 is 1.29 bits per heavy atom. The van der Waals surface area contributed by atoms with Crippen molar-refractivity contribution in [1.29, 1.82) is 0 Å². The van der Waals surface area contributed by atoms with Crippen molar-refractivity contribution in [1.82, 2.24) is 15.1 Å². The summed E-state index contributed by atoms with van der Waals surface area (Å²) < 4.78 is 0. The van der Waals surface area contributed by atoms with Crippen molar-refractivity contribution in [3.63, 3.8) is 0 Å². The van der Waals surface area contributed by atoms with Gasteiger partial charge in [0, 0.05) is 38.8 Å². The molecule has 0 radical (unpaired) electrons. The van der Waals surface area contributed by atoms with Gasteiger partial charge in [0.25, 0.3) is 0 Å². The summed E-state index contributed by atoms with van der Waals surface area (Å²) in [6.45, 7) is 7.52. The van der Waals surface area contributed by atoms with Crippen molar-refractivity contribution < 1.29 is 9.90 Å². The third kappa shape index (κ3) is 4.16. The number of amides is 2. The van der Waals surface area contributed by atoms with Gasteiger partial charge in [0.05, 0.1) is 5.60 Å². The molecule has 1 heterocycles.